The minimum absolute atomic E-state index is 0.0408. The lowest BCUT2D eigenvalue weighted by atomic mass is 10.0. The molecule has 2 aliphatic rings. The molecule has 24 heavy (non-hydrogen) atoms. The van der Waals surface area contributed by atoms with Gasteiger partial charge in [-0.3, -0.25) is 14.5 Å². The van der Waals surface area contributed by atoms with E-state index in [-0.39, 0.29) is 11.8 Å². The van der Waals surface area contributed by atoms with Gasteiger partial charge in [0.25, 0.3) is 0 Å². The van der Waals surface area contributed by atoms with Crippen LogP contribution in [-0.4, -0.2) is 60.4 Å². The maximum absolute atomic E-state index is 12.6. The average molecular weight is 330 g/mol. The Bertz CT molecular complexity index is 590. The highest BCUT2D eigenvalue weighted by Gasteiger charge is 2.28. The zero-order valence-corrected chi connectivity index (χ0v) is 14.2. The molecule has 1 aromatic rings. The second-order valence-corrected chi connectivity index (χ2v) is 6.83. The number of carbonyl (C=O) groups is 2. The molecule has 0 radical (unpaired) electrons. The first kappa shape index (κ1) is 16.9. The van der Waals surface area contributed by atoms with E-state index < -0.39 is 6.04 Å². The summed E-state index contributed by atoms with van der Waals surface area (Å²) < 4.78 is 0. The summed E-state index contributed by atoms with van der Waals surface area (Å²) in [6.07, 6.45) is 2.20. The monoisotopic (exact) mass is 330 g/mol. The number of aryl methyl sites for hydroxylation is 1. The zero-order valence-electron chi connectivity index (χ0n) is 14.2. The summed E-state index contributed by atoms with van der Waals surface area (Å²) in [5, 5.41) is 3.00. The quantitative estimate of drug-likeness (QED) is 0.820. The number of nitrogens with one attached hydrogen (secondary N) is 1. The van der Waals surface area contributed by atoms with Crippen molar-refractivity contribution < 1.29 is 9.59 Å². The van der Waals surface area contributed by atoms with E-state index in [1.165, 1.54) is 0 Å². The molecule has 3 N–H and O–H groups in total. The lowest BCUT2D eigenvalue weighted by Gasteiger charge is -2.35. The molecule has 0 spiro atoms. The van der Waals surface area contributed by atoms with Crippen molar-refractivity contribution in [2.24, 2.45) is 5.73 Å². The summed E-state index contributed by atoms with van der Waals surface area (Å²) in [7, 11) is 0. The molecule has 1 aliphatic heterocycles. The summed E-state index contributed by atoms with van der Waals surface area (Å²) in [5.74, 6) is 0.0505. The summed E-state index contributed by atoms with van der Waals surface area (Å²) >= 11 is 0. The van der Waals surface area contributed by atoms with E-state index >= 15 is 0 Å². The van der Waals surface area contributed by atoms with Crippen LogP contribution in [0.5, 0.6) is 0 Å². The highest BCUT2D eigenvalue weighted by molar-refractivity contribution is 5.83. The third kappa shape index (κ3) is 4.33. The van der Waals surface area contributed by atoms with Crippen molar-refractivity contribution in [2.75, 3.05) is 32.7 Å². The molecule has 1 aromatic carbocycles. The predicted octanol–water partition coefficient (Wildman–Crippen LogP) is 0.418. The standard InChI is InChI=1S/C18H26N4O2/c1-13-2-4-14(5-3-13)17(19)18(24)22-10-8-21(9-11-22)12-16(23)20-15-6-7-15/h2-5,15,17H,6-12,19H2,1H3,(H,20,23). The number of nitrogens with two attached hydrogens (primary N) is 1. The van der Waals surface area contributed by atoms with Crippen LogP contribution in [0.25, 0.3) is 0 Å². The molecule has 1 heterocycles. The summed E-state index contributed by atoms with van der Waals surface area (Å²) in [4.78, 5) is 28.3. The molecule has 1 unspecified atom stereocenters. The number of hydrogen-bond acceptors (Lipinski definition) is 4. The first-order valence-corrected chi connectivity index (χ1v) is 8.65. The van der Waals surface area contributed by atoms with Crippen LogP contribution in [0.3, 0.4) is 0 Å². The number of nitrogens with zero attached hydrogens (tertiary/aromatic N) is 2. The van der Waals surface area contributed by atoms with Crippen molar-refractivity contribution >= 4 is 11.8 Å². The molecule has 1 saturated heterocycles. The van der Waals surface area contributed by atoms with Crippen molar-refractivity contribution in [3.8, 4) is 0 Å². The van der Waals surface area contributed by atoms with E-state index in [1.54, 1.807) is 4.90 Å². The number of rotatable bonds is 5. The fourth-order valence-electron chi connectivity index (χ4n) is 2.94. The molecule has 3 rings (SSSR count). The van der Waals surface area contributed by atoms with Crippen LogP contribution < -0.4 is 11.1 Å². The van der Waals surface area contributed by atoms with E-state index in [0.717, 1.165) is 24.0 Å². The van der Waals surface area contributed by atoms with Gasteiger partial charge in [-0.05, 0) is 25.3 Å². The van der Waals surface area contributed by atoms with Gasteiger partial charge in [0.1, 0.15) is 6.04 Å². The van der Waals surface area contributed by atoms with Gasteiger partial charge in [-0.15, -0.1) is 0 Å². The smallest absolute Gasteiger partial charge is 0.244 e. The second kappa shape index (κ2) is 7.32. The third-order valence-corrected chi connectivity index (χ3v) is 4.70. The van der Waals surface area contributed by atoms with E-state index in [1.807, 2.05) is 31.2 Å². The molecular weight excluding hydrogens is 304 g/mol. The molecule has 1 atom stereocenters. The van der Waals surface area contributed by atoms with Gasteiger partial charge in [0, 0.05) is 32.2 Å². The molecule has 130 valence electrons. The highest BCUT2D eigenvalue weighted by atomic mass is 16.2. The van der Waals surface area contributed by atoms with E-state index in [4.69, 9.17) is 5.73 Å². The zero-order chi connectivity index (χ0) is 17.1. The van der Waals surface area contributed by atoms with Crippen LogP contribution >= 0.6 is 0 Å². The van der Waals surface area contributed by atoms with Gasteiger partial charge in [0.05, 0.1) is 6.54 Å². The van der Waals surface area contributed by atoms with E-state index in [9.17, 15) is 9.59 Å². The van der Waals surface area contributed by atoms with Crippen LogP contribution in [0.1, 0.15) is 30.0 Å². The first-order valence-electron chi connectivity index (χ1n) is 8.65. The SMILES string of the molecule is Cc1ccc(C(N)C(=O)N2CCN(CC(=O)NC3CC3)CC2)cc1. The van der Waals surface area contributed by atoms with Gasteiger partial charge >= 0.3 is 0 Å². The van der Waals surface area contributed by atoms with Crippen molar-refractivity contribution in [1.82, 2.24) is 15.1 Å². The maximum Gasteiger partial charge on any atom is 0.244 e. The summed E-state index contributed by atoms with van der Waals surface area (Å²) in [6.45, 7) is 5.09. The minimum Gasteiger partial charge on any atom is -0.352 e. The van der Waals surface area contributed by atoms with Gasteiger partial charge in [-0.25, -0.2) is 0 Å². The molecular formula is C18H26N4O2. The van der Waals surface area contributed by atoms with Gasteiger partial charge in [-0.2, -0.15) is 0 Å². The van der Waals surface area contributed by atoms with Gasteiger partial charge in [0.2, 0.25) is 11.8 Å². The van der Waals surface area contributed by atoms with Crippen LogP contribution in [0, 0.1) is 6.92 Å². The molecule has 2 fully saturated rings. The Balaban J connectivity index is 1.47. The molecule has 6 nitrogen and oxygen atoms in total. The van der Waals surface area contributed by atoms with Crippen LogP contribution in [0.4, 0.5) is 0 Å². The van der Waals surface area contributed by atoms with Crippen molar-refractivity contribution in [2.45, 2.75) is 31.8 Å². The number of hydrogen-bond donors (Lipinski definition) is 2. The normalized spacial score (nSPS) is 19.8. The topological polar surface area (TPSA) is 78.7 Å². The Labute approximate surface area is 143 Å². The van der Waals surface area contributed by atoms with Crippen LogP contribution in [-0.2, 0) is 9.59 Å². The van der Waals surface area contributed by atoms with Crippen molar-refractivity contribution in [3.05, 3.63) is 35.4 Å². The molecule has 6 heteroatoms. The fraction of sp³-hybridized carbons (Fsp3) is 0.556. The van der Waals surface area contributed by atoms with Crippen molar-refractivity contribution in [3.63, 3.8) is 0 Å². The molecule has 0 aromatic heterocycles. The van der Waals surface area contributed by atoms with Crippen LogP contribution in [0.15, 0.2) is 24.3 Å². The Morgan fingerprint density at radius 3 is 2.38 bits per heavy atom. The van der Waals surface area contributed by atoms with Gasteiger partial charge in [-0.1, -0.05) is 29.8 Å². The Morgan fingerprint density at radius 1 is 1.17 bits per heavy atom. The van der Waals surface area contributed by atoms with E-state index in [2.05, 4.69) is 10.2 Å². The average Bonchev–Trinajstić information content (AvgIpc) is 3.39. The first-order chi connectivity index (χ1) is 11.5. The number of amides is 2. The lowest BCUT2D eigenvalue weighted by molar-refractivity contribution is -0.134. The van der Waals surface area contributed by atoms with Crippen molar-refractivity contribution in [1.29, 1.82) is 0 Å². The number of piperazine rings is 1. The minimum atomic E-state index is -0.615. The number of benzene rings is 1. The second-order valence-electron chi connectivity index (χ2n) is 6.83. The van der Waals surface area contributed by atoms with Gasteiger partial charge < -0.3 is 16.0 Å². The predicted molar refractivity (Wildman–Crippen MR) is 92.3 cm³/mol. The maximum atomic E-state index is 12.6. The number of carbonyl (C=O) groups excluding carboxylic acids is 2. The van der Waals surface area contributed by atoms with Crippen LogP contribution in [0.2, 0.25) is 0 Å². The summed E-state index contributed by atoms with van der Waals surface area (Å²) in [5.41, 5.74) is 8.12. The summed E-state index contributed by atoms with van der Waals surface area (Å²) in [6, 6.07) is 7.55. The lowest BCUT2D eigenvalue weighted by Crippen LogP contribution is -2.52. The fourth-order valence-corrected chi connectivity index (χ4v) is 2.94. The molecule has 0 bridgehead atoms. The Kier molecular flexibility index (Phi) is 5.16. The van der Waals surface area contributed by atoms with Gasteiger partial charge in [0.15, 0.2) is 0 Å². The largest absolute Gasteiger partial charge is 0.352 e. The molecule has 1 aliphatic carbocycles. The Morgan fingerprint density at radius 2 is 1.79 bits per heavy atom. The van der Waals surface area contributed by atoms with E-state index in [0.29, 0.717) is 38.8 Å². The highest BCUT2D eigenvalue weighted by Crippen LogP contribution is 2.18. The molecule has 2 amide bonds. The Hall–Kier alpha value is -1.92. The third-order valence-electron chi connectivity index (χ3n) is 4.70. The molecule has 1 saturated carbocycles.